The lowest BCUT2D eigenvalue weighted by molar-refractivity contribution is -0.109. The lowest BCUT2D eigenvalue weighted by atomic mass is 10.2. The van der Waals surface area contributed by atoms with E-state index in [9.17, 15) is 0 Å². The number of nitrogens with one attached hydrogen (secondary N) is 1. The van der Waals surface area contributed by atoms with E-state index in [2.05, 4.69) is 10.3 Å². The number of ether oxygens (including phenoxy) is 2. The highest BCUT2D eigenvalue weighted by Gasteiger charge is 2.18. The van der Waals surface area contributed by atoms with Crippen LogP contribution in [0.3, 0.4) is 0 Å². The molecule has 0 saturated carbocycles. The van der Waals surface area contributed by atoms with E-state index >= 15 is 0 Å². The Bertz CT molecular complexity index is 528. The number of thiazole rings is 1. The Morgan fingerprint density at radius 1 is 1.33 bits per heavy atom. The standard InChI is InChI=1S/C12H15ClN2O2S/c1-7(12(16-2)17-3)15-10-8(13)4-5-9-11(10)14-6-18-9/h4-7,12,15H,1-3H3. The highest BCUT2D eigenvalue weighted by molar-refractivity contribution is 7.16. The van der Waals surface area contributed by atoms with Gasteiger partial charge in [-0.2, -0.15) is 0 Å². The van der Waals surface area contributed by atoms with Crippen LogP contribution < -0.4 is 5.32 Å². The number of benzene rings is 1. The molecule has 98 valence electrons. The fourth-order valence-corrected chi connectivity index (χ4v) is 2.74. The zero-order valence-corrected chi connectivity index (χ0v) is 12.0. The molecular formula is C12H15ClN2O2S. The molecule has 6 heteroatoms. The van der Waals surface area contributed by atoms with Crippen LogP contribution in [0.5, 0.6) is 0 Å². The minimum absolute atomic E-state index is 0.0372. The van der Waals surface area contributed by atoms with Gasteiger partial charge in [-0.1, -0.05) is 11.6 Å². The van der Waals surface area contributed by atoms with Gasteiger partial charge in [-0.3, -0.25) is 0 Å². The van der Waals surface area contributed by atoms with Crippen LogP contribution in [-0.4, -0.2) is 31.5 Å². The number of methoxy groups -OCH3 is 2. The molecule has 4 nitrogen and oxygen atoms in total. The summed E-state index contributed by atoms with van der Waals surface area (Å²) >= 11 is 7.80. The monoisotopic (exact) mass is 286 g/mol. The SMILES string of the molecule is COC(OC)C(C)Nc1c(Cl)ccc2scnc12. The third-order valence-electron chi connectivity index (χ3n) is 2.70. The molecule has 2 rings (SSSR count). The normalized spacial score (nSPS) is 13.2. The van der Waals surface area contributed by atoms with Crippen molar-refractivity contribution in [2.24, 2.45) is 0 Å². The van der Waals surface area contributed by atoms with E-state index in [-0.39, 0.29) is 12.3 Å². The predicted octanol–water partition coefficient (Wildman–Crippen LogP) is 3.37. The first-order chi connectivity index (χ1) is 8.67. The summed E-state index contributed by atoms with van der Waals surface area (Å²) in [4.78, 5) is 4.33. The Labute approximate surface area is 115 Å². The molecule has 18 heavy (non-hydrogen) atoms. The number of halogens is 1. The molecule has 1 unspecified atom stereocenters. The lowest BCUT2D eigenvalue weighted by Crippen LogP contribution is -2.33. The highest BCUT2D eigenvalue weighted by Crippen LogP contribution is 2.33. The fraction of sp³-hybridized carbons (Fsp3) is 0.417. The van der Waals surface area contributed by atoms with Crippen molar-refractivity contribution in [3.05, 3.63) is 22.7 Å². The quantitative estimate of drug-likeness (QED) is 0.856. The van der Waals surface area contributed by atoms with Crippen LogP contribution in [0.15, 0.2) is 17.6 Å². The second-order valence-electron chi connectivity index (χ2n) is 3.89. The van der Waals surface area contributed by atoms with E-state index in [0.717, 1.165) is 15.9 Å². The summed E-state index contributed by atoms with van der Waals surface area (Å²) in [6, 6.07) is 3.80. The molecule has 0 radical (unpaired) electrons. The Morgan fingerprint density at radius 3 is 2.72 bits per heavy atom. The van der Waals surface area contributed by atoms with Gasteiger partial charge in [0.25, 0.3) is 0 Å². The molecule has 1 heterocycles. The van der Waals surface area contributed by atoms with E-state index in [1.54, 1.807) is 31.1 Å². The molecule has 1 atom stereocenters. The zero-order chi connectivity index (χ0) is 13.1. The minimum atomic E-state index is -0.338. The largest absolute Gasteiger partial charge is 0.374 e. The number of aromatic nitrogens is 1. The van der Waals surface area contributed by atoms with Gasteiger partial charge in [0.2, 0.25) is 0 Å². The summed E-state index contributed by atoms with van der Waals surface area (Å²) in [5.41, 5.74) is 3.51. The highest BCUT2D eigenvalue weighted by atomic mass is 35.5. The number of fused-ring (bicyclic) bond motifs is 1. The van der Waals surface area contributed by atoms with Crippen molar-refractivity contribution in [2.75, 3.05) is 19.5 Å². The fourth-order valence-electron chi connectivity index (χ4n) is 1.84. The van der Waals surface area contributed by atoms with E-state index < -0.39 is 0 Å². The van der Waals surface area contributed by atoms with Crippen LogP contribution in [0, 0.1) is 0 Å². The lowest BCUT2D eigenvalue weighted by Gasteiger charge is -2.23. The van der Waals surface area contributed by atoms with Crippen LogP contribution in [0.2, 0.25) is 5.02 Å². The third-order valence-corrected chi connectivity index (χ3v) is 3.81. The molecule has 0 aliphatic heterocycles. The van der Waals surface area contributed by atoms with E-state index in [0.29, 0.717) is 5.02 Å². The van der Waals surface area contributed by atoms with Gasteiger partial charge in [0.15, 0.2) is 6.29 Å². The topological polar surface area (TPSA) is 43.4 Å². The van der Waals surface area contributed by atoms with Crippen LogP contribution in [-0.2, 0) is 9.47 Å². The summed E-state index contributed by atoms with van der Waals surface area (Å²) in [7, 11) is 3.22. The van der Waals surface area contributed by atoms with Gasteiger partial charge in [0, 0.05) is 14.2 Å². The van der Waals surface area contributed by atoms with Crippen LogP contribution in [0.4, 0.5) is 5.69 Å². The van der Waals surface area contributed by atoms with Gasteiger partial charge >= 0.3 is 0 Å². The Morgan fingerprint density at radius 2 is 2.06 bits per heavy atom. The van der Waals surface area contributed by atoms with Crippen molar-refractivity contribution >= 4 is 38.8 Å². The molecule has 0 aliphatic rings. The van der Waals surface area contributed by atoms with Gasteiger partial charge in [0.1, 0.15) is 5.52 Å². The zero-order valence-electron chi connectivity index (χ0n) is 10.4. The molecule has 0 fully saturated rings. The maximum atomic E-state index is 6.22. The molecule has 0 spiro atoms. The second kappa shape index (κ2) is 5.84. The van der Waals surface area contributed by atoms with Crippen molar-refractivity contribution in [2.45, 2.75) is 19.3 Å². The van der Waals surface area contributed by atoms with Gasteiger partial charge in [0.05, 0.1) is 27.0 Å². The predicted molar refractivity (Wildman–Crippen MR) is 75.5 cm³/mol. The van der Waals surface area contributed by atoms with Crippen molar-refractivity contribution in [1.82, 2.24) is 4.98 Å². The van der Waals surface area contributed by atoms with Gasteiger partial charge in [-0.05, 0) is 19.1 Å². The van der Waals surface area contributed by atoms with Crippen molar-refractivity contribution < 1.29 is 9.47 Å². The maximum Gasteiger partial charge on any atom is 0.176 e. The Balaban J connectivity index is 2.30. The molecule has 0 bridgehead atoms. The van der Waals surface area contributed by atoms with Crippen molar-refractivity contribution in [1.29, 1.82) is 0 Å². The van der Waals surface area contributed by atoms with Crippen molar-refractivity contribution in [3.63, 3.8) is 0 Å². The average molecular weight is 287 g/mol. The van der Waals surface area contributed by atoms with E-state index in [4.69, 9.17) is 21.1 Å². The molecule has 1 aromatic heterocycles. The maximum absolute atomic E-state index is 6.22. The molecule has 1 aromatic carbocycles. The summed E-state index contributed by atoms with van der Waals surface area (Å²) < 4.78 is 11.5. The first-order valence-corrected chi connectivity index (χ1v) is 6.77. The summed E-state index contributed by atoms with van der Waals surface area (Å²) in [5.74, 6) is 0. The number of rotatable bonds is 5. The Hall–Kier alpha value is -0.880. The van der Waals surface area contributed by atoms with Gasteiger partial charge < -0.3 is 14.8 Å². The third kappa shape index (κ3) is 2.59. The van der Waals surface area contributed by atoms with Crippen LogP contribution >= 0.6 is 22.9 Å². The van der Waals surface area contributed by atoms with Crippen molar-refractivity contribution in [3.8, 4) is 0 Å². The molecular weight excluding hydrogens is 272 g/mol. The summed E-state index contributed by atoms with van der Waals surface area (Å²) in [6.45, 7) is 1.97. The van der Waals surface area contributed by atoms with E-state index in [1.165, 1.54) is 0 Å². The molecule has 0 aliphatic carbocycles. The van der Waals surface area contributed by atoms with Crippen LogP contribution in [0.1, 0.15) is 6.92 Å². The number of hydrogen-bond donors (Lipinski definition) is 1. The smallest absolute Gasteiger partial charge is 0.176 e. The summed E-state index contributed by atoms with van der Waals surface area (Å²) in [6.07, 6.45) is -0.338. The number of nitrogens with zero attached hydrogens (tertiary/aromatic N) is 1. The number of hydrogen-bond acceptors (Lipinski definition) is 5. The average Bonchev–Trinajstić information content (AvgIpc) is 2.83. The molecule has 0 saturated heterocycles. The second-order valence-corrected chi connectivity index (χ2v) is 5.19. The first kappa shape index (κ1) is 13.5. The van der Waals surface area contributed by atoms with Gasteiger partial charge in [-0.25, -0.2) is 4.98 Å². The van der Waals surface area contributed by atoms with Crippen LogP contribution in [0.25, 0.3) is 10.2 Å². The Kier molecular flexibility index (Phi) is 4.40. The molecule has 0 amide bonds. The summed E-state index contributed by atoms with van der Waals surface area (Å²) in [5, 5.41) is 3.95. The molecule has 2 aromatic rings. The molecule has 1 N–H and O–H groups in total. The van der Waals surface area contributed by atoms with E-state index in [1.807, 2.05) is 19.1 Å². The van der Waals surface area contributed by atoms with Gasteiger partial charge in [-0.15, -0.1) is 11.3 Å². The number of anilines is 1. The first-order valence-electron chi connectivity index (χ1n) is 5.51. The minimum Gasteiger partial charge on any atom is -0.374 e.